The molecule has 90 valence electrons. The molecule has 0 N–H and O–H groups in total. The Labute approximate surface area is 104 Å². The fraction of sp³-hybridized carbons (Fsp3) is 0.571. The zero-order valence-electron chi connectivity index (χ0n) is 10.7. The molecule has 0 heterocycles. The Hall–Kier alpha value is -0.470. The van der Waals surface area contributed by atoms with Gasteiger partial charge in [-0.3, -0.25) is 4.90 Å². The van der Waals surface area contributed by atoms with Crippen LogP contribution < -0.4 is 0 Å². The number of benzene rings is 1. The zero-order valence-corrected chi connectivity index (χ0v) is 11.5. The van der Waals surface area contributed by atoms with Crippen molar-refractivity contribution in [1.29, 1.82) is 0 Å². The van der Waals surface area contributed by atoms with E-state index in [2.05, 4.69) is 49.9 Å². The molecule has 1 aromatic carbocycles. The van der Waals surface area contributed by atoms with E-state index in [0.717, 1.165) is 18.8 Å². The van der Waals surface area contributed by atoms with E-state index in [1.165, 1.54) is 23.4 Å². The third kappa shape index (κ3) is 4.58. The van der Waals surface area contributed by atoms with E-state index in [1.54, 1.807) is 0 Å². The molecule has 1 nitrogen and oxygen atoms in total. The molecule has 0 spiro atoms. The van der Waals surface area contributed by atoms with E-state index in [1.807, 2.05) is 11.8 Å². The summed E-state index contributed by atoms with van der Waals surface area (Å²) in [6.07, 6.45) is 1.23. The largest absolute Gasteiger partial charge is 0.299 e. The average Bonchev–Trinajstić information content (AvgIpc) is 2.31. The molecule has 0 aliphatic carbocycles. The second-order valence-corrected chi connectivity index (χ2v) is 5.28. The van der Waals surface area contributed by atoms with Crippen LogP contribution in [0.2, 0.25) is 0 Å². The first-order chi connectivity index (χ1) is 7.80. The van der Waals surface area contributed by atoms with Crippen LogP contribution in [-0.2, 0) is 6.54 Å². The fourth-order valence-corrected chi connectivity index (χ4v) is 2.44. The molecule has 0 bridgehead atoms. The Morgan fingerprint density at radius 2 is 1.75 bits per heavy atom. The molecule has 0 radical (unpaired) electrons. The van der Waals surface area contributed by atoms with Crippen molar-refractivity contribution < 1.29 is 0 Å². The predicted octanol–water partition coefficient (Wildman–Crippen LogP) is 4.03. The first-order valence-corrected chi connectivity index (χ1v) is 7.22. The van der Waals surface area contributed by atoms with Crippen molar-refractivity contribution >= 4 is 11.8 Å². The number of nitrogens with zero attached hydrogens (tertiary/aromatic N) is 1. The van der Waals surface area contributed by atoms with Gasteiger partial charge in [0.1, 0.15) is 0 Å². The van der Waals surface area contributed by atoms with Crippen molar-refractivity contribution in [3.63, 3.8) is 0 Å². The number of thioether (sulfide) groups is 1. The highest BCUT2D eigenvalue weighted by atomic mass is 32.2. The lowest BCUT2D eigenvalue weighted by Crippen LogP contribution is -2.23. The van der Waals surface area contributed by atoms with Gasteiger partial charge in [0.15, 0.2) is 0 Å². The molecule has 2 heteroatoms. The van der Waals surface area contributed by atoms with Crippen LogP contribution in [0, 0.1) is 0 Å². The SMILES string of the molecule is CCCN(CC)Cc1ccc(SCC)cc1. The first kappa shape index (κ1) is 13.6. The smallest absolute Gasteiger partial charge is 0.0233 e. The topological polar surface area (TPSA) is 3.24 Å². The van der Waals surface area contributed by atoms with Crippen molar-refractivity contribution in [1.82, 2.24) is 4.90 Å². The molecule has 0 aliphatic heterocycles. The summed E-state index contributed by atoms with van der Waals surface area (Å²) in [7, 11) is 0. The average molecular weight is 237 g/mol. The van der Waals surface area contributed by atoms with Crippen LogP contribution in [0.4, 0.5) is 0 Å². The van der Waals surface area contributed by atoms with Crippen molar-refractivity contribution in [3.05, 3.63) is 29.8 Å². The molecule has 0 amide bonds. The Kier molecular flexibility index (Phi) is 6.58. The summed E-state index contributed by atoms with van der Waals surface area (Å²) in [4.78, 5) is 3.87. The number of hydrogen-bond donors (Lipinski definition) is 0. The van der Waals surface area contributed by atoms with Crippen molar-refractivity contribution in [2.45, 2.75) is 38.6 Å². The van der Waals surface area contributed by atoms with Gasteiger partial charge in [-0.05, 0) is 43.0 Å². The van der Waals surface area contributed by atoms with Gasteiger partial charge in [-0.2, -0.15) is 0 Å². The van der Waals surface area contributed by atoms with Crippen molar-refractivity contribution in [2.24, 2.45) is 0 Å². The minimum absolute atomic E-state index is 1.08. The van der Waals surface area contributed by atoms with Crippen molar-refractivity contribution in [3.8, 4) is 0 Å². The highest BCUT2D eigenvalue weighted by Gasteiger charge is 2.02. The maximum absolute atomic E-state index is 2.49. The quantitative estimate of drug-likeness (QED) is 0.659. The lowest BCUT2D eigenvalue weighted by molar-refractivity contribution is 0.280. The molecule has 16 heavy (non-hydrogen) atoms. The van der Waals surface area contributed by atoms with Crippen molar-refractivity contribution in [2.75, 3.05) is 18.8 Å². The number of hydrogen-bond acceptors (Lipinski definition) is 2. The summed E-state index contributed by atoms with van der Waals surface area (Å²) in [5.41, 5.74) is 1.43. The summed E-state index contributed by atoms with van der Waals surface area (Å²) < 4.78 is 0. The van der Waals surface area contributed by atoms with Crippen LogP contribution in [0.1, 0.15) is 32.8 Å². The monoisotopic (exact) mass is 237 g/mol. The van der Waals surface area contributed by atoms with Crippen LogP contribution in [0.5, 0.6) is 0 Å². The minimum Gasteiger partial charge on any atom is -0.299 e. The van der Waals surface area contributed by atoms with Gasteiger partial charge >= 0.3 is 0 Å². The second kappa shape index (κ2) is 7.75. The summed E-state index contributed by atoms with van der Waals surface area (Å²) in [6.45, 7) is 10.1. The van der Waals surface area contributed by atoms with E-state index in [0.29, 0.717) is 0 Å². The summed E-state index contributed by atoms with van der Waals surface area (Å²) in [6, 6.07) is 9.00. The highest BCUT2D eigenvalue weighted by molar-refractivity contribution is 7.99. The summed E-state index contributed by atoms with van der Waals surface area (Å²) in [5, 5.41) is 0. The molecule has 0 fully saturated rings. The molecule has 0 aromatic heterocycles. The van der Waals surface area contributed by atoms with Gasteiger partial charge in [-0.25, -0.2) is 0 Å². The third-order valence-electron chi connectivity index (χ3n) is 2.63. The van der Waals surface area contributed by atoms with Gasteiger partial charge in [0.25, 0.3) is 0 Å². The van der Waals surface area contributed by atoms with E-state index in [4.69, 9.17) is 0 Å². The van der Waals surface area contributed by atoms with Gasteiger partial charge in [0.05, 0.1) is 0 Å². The van der Waals surface area contributed by atoms with Crippen LogP contribution >= 0.6 is 11.8 Å². The minimum atomic E-state index is 1.08. The van der Waals surface area contributed by atoms with E-state index < -0.39 is 0 Å². The molecule has 0 saturated carbocycles. The Morgan fingerprint density at radius 1 is 1.06 bits per heavy atom. The zero-order chi connectivity index (χ0) is 11.8. The third-order valence-corrected chi connectivity index (χ3v) is 3.52. The van der Waals surface area contributed by atoms with Gasteiger partial charge < -0.3 is 0 Å². The highest BCUT2D eigenvalue weighted by Crippen LogP contribution is 2.18. The van der Waals surface area contributed by atoms with E-state index in [-0.39, 0.29) is 0 Å². The maximum Gasteiger partial charge on any atom is 0.0233 e. The van der Waals surface area contributed by atoms with E-state index in [9.17, 15) is 0 Å². The molecule has 1 rings (SSSR count). The van der Waals surface area contributed by atoms with Gasteiger partial charge in [-0.1, -0.05) is 32.9 Å². The van der Waals surface area contributed by atoms with Gasteiger partial charge in [0.2, 0.25) is 0 Å². The molecule has 0 unspecified atom stereocenters. The first-order valence-electron chi connectivity index (χ1n) is 6.24. The fourth-order valence-electron chi connectivity index (χ4n) is 1.78. The summed E-state index contributed by atoms with van der Waals surface area (Å²) >= 11 is 1.91. The molecule has 1 aromatic rings. The summed E-state index contributed by atoms with van der Waals surface area (Å²) in [5.74, 6) is 1.15. The number of rotatable bonds is 7. The molecule has 0 atom stereocenters. The van der Waals surface area contributed by atoms with Gasteiger partial charge in [0, 0.05) is 11.4 Å². The molecular weight excluding hydrogens is 214 g/mol. The molecular formula is C14H23NS. The normalized spacial score (nSPS) is 11.0. The van der Waals surface area contributed by atoms with Crippen LogP contribution in [0.15, 0.2) is 29.2 Å². The predicted molar refractivity (Wildman–Crippen MR) is 74.1 cm³/mol. The Morgan fingerprint density at radius 3 is 2.25 bits per heavy atom. The molecule has 0 aliphatic rings. The maximum atomic E-state index is 2.49. The van der Waals surface area contributed by atoms with Crippen LogP contribution in [-0.4, -0.2) is 23.7 Å². The Balaban J connectivity index is 2.53. The van der Waals surface area contributed by atoms with Crippen LogP contribution in [0.25, 0.3) is 0 Å². The van der Waals surface area contributed by atoms with Gasteiger partial charge in [-0.15, -0.1) is 11.8 Å². The standard InChI is InChI=1S/C14H23NS/c1-4-11-15(5-2)12-13-7-9-14(10-8-13)16-6-3/h7-10H,4-6,11-12H2,1-3H3. The second-order valence-electron chi connectivity index (χ2n) is 3.95. The molecule has 0 saturated heterocycles. The lowest BCUT2D eigenvalue weighted by Gasteiger charge is -2.19. The Bertz CT molecular complexity index is 281. The van der Waals surface area contributed by atoms with Crippen LogP contribution in [0.3, 0.4) is 0 Å². The van der Waals surface area contributed by atoms with E-state index >= 15 is 0 Å². The lowest BCUT2D eigenvalue weighted by atomic mass is 10.2.